The highest BCUT2D eigenvalue weighted by molar-refractivity contribution is 5.83. The van der Waals surface area contributed by atoms with E-state index in [0.29, 0.717) is 32.5 Å². The molecule has 29 heavy (non-hydrogen) atoms. The van der Waals surface area contributed by atoms with Crippen LogP contribution >= 0.6 is 0 Å². The predicted octanol–water partition coefficient (Wildman–Crippen LogP) is 3.19. The van der Waals surface area contributed by atoms with E-state index in [2.05, 4.69) is 17.4 Å². The third-order valence-corrected chi connectivity index (χ3v) is 5.10. The van der Waals surface area contributed by atoms with Crippen molar-refractivity contribution >= 4 is 11.8 Å². The number of hydrogen-bond acceptors (Lipinski definition) is 3. The minimum Gasteiger partial charge on any atom is -0.489 e. The summed E-state index contributed by atoms with van der Waals surface area (Å²) < 4.78 is 18.9. The maximum atomic E-state index is 13.5. The Labute approximate surface area is 170 Å². The Morgan fingerprint density at radius 1 is 1.14 bits per heavy atom. The van der Waals surface area contributed by atoms with Gasteiger partial charge in [0, 0.05) is 19.5 Å². The van der Waals surface area contributed by atoms with E-state index in [9.17, 15) is 14.0 Å². The van der Waals surface area contributed by atoms with Crippen molar-refractivity contribution in [2.75, 3.05) is 26.2 Å². The molecule has 5 nitrogen and oxygen atoms in total. The fraction of sp³-hybridized carbons (Fsp3) is 0.391. The number of para-hydroxylation sites is 1. The highest BCUT2D eigenvalue weighted by Crippen LogP contribution is 2.19. The molecule has 154 valence electrons. The minimum absolute atomic E-state index is 0.0808. The van der Waals surface area contributed by atoms with Gasteiger partial charge in [-0.25, -0.2) is 4.39 Å². The third kappa shape index (κ3) is 6.31. The summed E-state index contributed by atoms with van der Waals surface area (Å²) in [6.07, 6.45) is 2.75. The monoisotopic (exact) mass is 398 g/mol. The van der Waals surface area contributed by atoms with E-state index in [1.807, 2.05) is 18.2 Å². The summed E-state index contributed by atoms with van der Waals surface area (Å²) in [6, 6.07) is 16.4. The van der Waals surface area contributed by atoms with Crippen LogP contribution in [0.25, 0.3) is 0 Å². The van der Waals surface area contributed by atoms with E-state index >= 15 is 0 Å². The molecule has 2 aromatic carbocycles. The molecule has 1 heterocycles. The number of halogens is 1. The number of ether oxygens (including phenoxy) is 1. The van der Waals surface area contributed by atoms with Crippen LogP contribution in [-0.4, -0.2) is 43.0 Å². The molecule has 0 aliphatic carbocycles. The van der Waals surface area contributed by atoms with Gasteiger partial charge in [-0.15, -0.1) is 0 Å². The summed E-state index contributed by atoms with van der Waals surface area (Å²) in [5.74, 6) is -0.420. The summed E-state index contributed by atoms with van der Waals surface area (Å²) in [6.45, 7) is 1.60. The standard InChI is InChI=1S/C23H27FN2O3/c24-20-10-4-5-11-21(20)29-16-14-25-23(28)19-12-13-22(27)26(17-19)15-6-9-18-7-2-1-3-8-18/h1-5,7-8,10-11,19H,6,9,12-17H2,(H,25,28). The smallest absolute Gasteiger partial charge is 0.225 e. The summed E-state index contributed by atoms with van der Waals surface area (Å²) in [7, 11) is 0. The highest BCUT2D eigenvalue weighted by Gasteiger charge is 2.29. The van der Waals surface area contributed by atoms with E-state index in [4.69, 9.17) is 4.74 Å². The molecule has 2 amide bonds. The highest BCUT2D eigenvalue weighted by atomic mass is 19.1. The van der Waals surface area contributed by atoms with Crippen molar-refractivity contribution in [3.63, 3.8) is 0 Å². The Kier molecular flexibility index (Phi) is 7.61. The number of rotatable bonds is 9. The Morgan fingerprint density at radius 2 is 1.90 bits per heavy atom. The van der Waals surface area contributed by atoms with Crippen LogP contribution in [0.2, 0.25) is 0 Å². The van der Waals surface area contributed by atoms with E-state index in [1.54, 1.807) is 23.1 Å². The molecule has 0 saturated carbocycles. The average molecular weight is 398 g/mol. The average Bonchev–Trinajstić information content (AvgIpc) is 2.74. The molecule has 3 rings (SSSR count). The normalized spacial score (nSPS) is 16.5. The fourth-order valence-corrected chi connectivity index (χ4v) is 3.51. The molecule has 0 radical (unpaired) electrons. The Morgan fingerprint density at radius 3 is 2.69 bits per heavy atom. The lowest BCUT2D eigenvalue weighted by Gasteiger charge is -2.32. The molecule has 0 bridgehead atoms. The Hall–Kier alpha value is -2.89. The van der Waals surface area contributed by atoms with Crippen LogP contribution in [0, 0.1) is 11.7 Å². The number of likely N-dealkylation sites (tertiary alicyclic amines) is 1. The SMILES string of the molecule is O=C(NCCOc1ccccc1F)C1CCC(=O)N(CCCc2ccccc2)C1. The first-order chi connectivity index (χ1) is 14.1. The van der Waals surface area contributed by atoms with Gasteiger partial charge in [0.05, 0.1) is 12.5 Å². The van der Waals surface area contributed by atoms with Crippen LogP contribution in [0.4, 0.5) is 4.39 Å². The second-order valence-electron chi connectivity index (χ2n) is 7.23. The molecular formula is C23H27FN2O3. The third-order valence-electron chi connectivity index (χ3n) is 5.10. The first-order valence-corrected chi connectivity index (χ1v) is 10.1. The van der Waals surface area contributed by atoms with Crippen LogP contribution in [-0.2, 0) is 16.0 Å². The predicted molar refractivity (Wildman–Crippen MR) is 109 cm³/mol. The van der Waals surface area contributed by atoms with E-state index in [0.717, 1.165) is 12.8 Å². The molecule has 1 atom stereocenters. The molecule has 1 aliphatic heterocycles. The van der Waals surface area contributed by atoms with Crippen molar-refractivity contribution in [3.8, 4) is 5.75 Å². The van der Waals surface area contributed by atoms with Gasteiger partial charge in [0.2, 0.25) is 11.8 Å². The second kappa shape index (κ2) is 10.6. The quantitative estimate of drug-likeness (QED) is 0.660. The lowest BCUT2D eigenvalue weighted by Crippen LogP contribution is -2.46. The number of benzene rings is 2. The van der Waals surface area contributed by atoms with Gasteiger partial charge in [-0.1, -0.05) is 42.5 Å². The minimum atomic E-state index is -0.421. The van der Waals surface area contributed by atoms with Crippen molar-refractivity contribution in [1.82, 2.24) is 10.2 Å². The molecule has 1 aliphatic rings. The summed E-state index contributed by atoms with van der Waals surface area (Å²) in [5.41, 5.74) is 1.25. The Bertz CT molecular complexity index is 813. The van der Waals surface area contributed by atoms with Crippen LogP contribution in [0.3, 0.4) is 0 Å². The zero-order chi connectivity index (χ0) is 20.5. The van der Waals surface area contributed by atoms with Gasteiger partial charge in [0.25, 0.3) is 0 Å². The summed E-state index contributed by atoms with van der Waals surface area (Å²) >= 11 is 0. The molecule has 1 fully saturated rings. The topological polar surface area (TPSA) is 58.6 Å². The lowest BCUT2D eigenvalue weighted by molar-refractivity contribution is -0.138. The number of nitrogens with one attached hydrogen (secondary N) is 1. The summed E-state index contributed by atoms with van der Waals surface area (Å²) in [4.78, 5) is 26.4. The van der Waals surface area contributed by atoms with Crippen molar-refractivity contribution in [1.29, 1.82) is 0 Å². The van der Waals surface area contributed by atoms with E-state index in [-0.39, 0.29) is 30.1 Å². The lowest BCUT2D eigenvalue weighted by atomic mass is 9.96. The number of aryl methyl sites for hydroxylation is 1. The molecular weight excluding hydrogens is 371 g/mol. The number of nitrogens with zero attached hydrogens (tertiary/aromatic N) is 1. The maximum absolute atomic E-state index is 13.5. The van der Waals surface area contributed by atoms with Gasteiger partial charge in [0.1, 0.15) is 6.61 Å². The number of piperidine rings is 1. The molecule has 0 spiro atoms. The molecule has 6 heteroatoms. The van der Waals surface area contributed by atoms with Crippen molar-refractivity contribution < 1.29 is 18.7 Å². The van der Waals surface area contributed by atoms with Gasteiger partial charge < -0.3 is 15.0 Å². The fourth-order valence-electron chi connectivity index (χ4n) is 3.51. The van der Waals surface area contributed by atoms with Crippen LogP contribution < -0.4 is 10.1 Å². The van der Waals surface area contributed by atoms with E-state index in [1.165, 1.54) is 11.6 Å². The number of carbonyl (C=O) groups is 2. The summed E-state index contributed by atoms with van der Waals surface area (Å²) in [5, 5.41) is 2.84. The number of carbonyl (C=O) groups excluding carboxylic acids is 2. The number of amides is 2. The van der Waals surface area contributed by atoms with Gasteiger partial charge in [-0.3, -0.25) is 9.59 Å². The van der Waals surface area contributed by atoms with Gasteiger partial charge in [-0.2, -0.15) is 0 Å². The maximum Gasteiger partial charge on any atom is 0.225 e. The first kappa shape index (κ1) is 20.8. The molecule has 2 aromatic rings. The van der Waals surface area contributed by atoms with Crippen molar-refractivity contribution in [2.24, 2.45) is 5.92 Å². The van der Waals surface area contributed by atoms with Crippen molar-refractivity contribution in [3.05, 3.63) is 66.0 Å². The first-order valence-electron chi connectivity index (χ1n) is 10.1. The molecule has 1 saturated heterocycles. The molecule has 1 unspecified atom stereocenters. The Balaban J connectivity index is 1.38. The van der Waals surface area contributed by atoms with E-state index < -0.39 is 5.82 Å². The van der Waals surface area contributed by atoms with Gasteiger partial charge in [0.15, 0.2) is 11.6 Å². The van der Waals surface area contributed by atoms with Crippen LogP contribution in [0.5, 0.6) is 5.75 Å². The van der Waals surface area contributed by atoms with Crippen LogP contribution in [0.1, 0.15) is 24.8 Å². The van der Waals surface area contributed by atoms with Crippen molar-refractivity contribution in [2.45, 2.75) is 25.7 Å². The molecule has 0 aromatic heterocycles. The molecule has 1 N–H and O–H groups in total. The second-order valence-corrected chi connectivity index (χ2v) is 7.23. The van der Waals surface area contributed by atoms with Crippen LogP contribution in [0.15, 0.2) is 54.6 Å². The zero-order valence-corrected chi connectivity index (χ0v) is 16.5. The van der Waals surface area contributed by atoms with Gasteiger partial charge in [-0.05, 0) is 37.0 Å². The van der Waals surface area contributed by atoms with Gasteiger partial charge >= 0.3 is 0 Å². The zero-order valence-electron chi connectivity index (χ0n) is 16.5. The number of hydrogen-bond donors (Lipinski definition) is 1. The largest absolute Gasteiger partial charge is 0.489 e.